The molecule has 0 aliphatic heterocycles. The van der Waals surface area contributed by atoms with E-state index < -0.39 is 10.8 Å². The molecule has 5 heteroatoms. The van der Waals surface area contributed by atoms with Crippen LogP contribution in [0.2, 0.25) is 0 Å². The van der Waals surface area contributed by atoms with Crippen LogP contribution in [-0.2, 0) is 21.3 Å². The quantitative estimate of drug-likeness (QED) is 0.711. The summed E-state index contributed by atoms with van der Waals surface area (Å²) < 4.78 is 22.7. The maximum atomic E-state index is 12.1. The summed E-state index contributed by atoms with van der Waals surface area (Å²) in [6, 6.07) is 5.85. The Bertz CT molecular complexity index is 435. The molecule has 0 saturated heterocycles. The first-order valence-corrected chi connectivity index (χ1v) is 8.42. The molecule has 0 aliphatic carbocycles. The van der Waals surface area contributed by atoms with Crippen molar-refractivity contribution in [2.24, 2.45) is 5.73 Å². The molecule has 0 heterocycles. The van der Waals surface area contributed by atoms with E-state index in [4.69, 9.17) is 15.2 Å². The largest absolute Gasteiger partial charge is 0.494 e. The highest BCUT2D eigenvalue weighted by Crippen LogP contribution is 2.24. The van der Waals surface area contributed by atoms with Gasteiger partial charge < -0.3 is 15.2 Å². The first-order chi connectivity index (χ1) is 9.58. The number of benzene rings is 1. The minimum absolute atomic E-state index is 0.0358. The summed E-state index contributed by atoms with van der Waals surface area (Å²) >= 11 is 0. The van der Waals surface area contributed by atoms with Crippen LogP contribution in [0.15, 0.2) is 18.2 Å². The molecule has 0 amide bonds. The summed E-state index contributed by atoms with van der Waals surface area (Å²) in [5.74, 6) is 1.94. The summed E-state index contributed by atoms with van der Waals surface area (Å²) in [7, 11) is 0.746. The van der Waals surface area contributed by atoms with Crippen molar-refractivity contribution in [3.05, 3.63) is 29.3 Å². The normalized spacial score (nSPS) is 14.0. The van der Waals surface area contributed by atoms with Crippen molar-refractivity contribution in [2.45, 2.75) is 32.1 Å². The molecule has 2 unspecified atom stereocenters. The third kappa shape index (κ3) is 5.61. The Morgan fingerprint density at radius 2 is 2.15 bits per heavy atom. The van der Waals surface area contributed by atoms with Gasteiger partial charge in [-0.2, -0.15) is 0 Å². The Hall–Kier alpha value is -0.910. The molecule has 0 fully saturated rings. The molecule has 2 N–H and O–H groups in total. The van der Waals surface area contributed by atoms with Crippen LogP contribution in [0.3, 0.4) is 0 Å². The highest BCUT2D eigenvalue weighted by atomic mass is 32.2. The summed E-state index contributed by atoms with van der Waals surface area (Å²) in [5.41, 5.74) is 7.91. The zero-order valence-corrected chi connectivity index (χ0v) is 13.4. The maximum absolute atomic E-state index is 12.1. The molecule has 2 atom stereocenters. The van der Waals surface area contributed by atoms with Gasteiger partial charge in [0.25, 0.3) is 0 Å². The molecule has 0 saturated carbocycles. The fraction of sp³-hybridized carbons (Fsp3) is 0.600. The van der Waals surface area contributed by atoms with E-state index in [0.29, 0.717) is 24.7 Å². The first kappa shape index (κ1) is 17.1. The van der Waals surface area contributed by atoms with Crippen LogP contribution in [0, 0.1) is 0 Å². The second-order valence-electron chi connectivity index (χ2n) is 4.72. The molecule has 0 spiro atoms. The van der Waals surface area contributed by atoms with E-state index >= 15 is 0 Å². The molecule has 0 aromatic heterocycles. The molecule has 1 rings (SSSR count). The second-order valence-corrected chi connectivity index (χ2v) is 6.30. The van der Waals surface area contributed by atoms with E-state index in [1.165, 1.54) is 0 Å². The third-order valence-corrected chi connectivity index (χ3v) is 4.32. The number of methoxy groups -OCH3 is 1. The Morgan fingerprint density at radius 1 is 1.40 bits per heavy atom. The third-order valence-electron chi connectivity index (χ3n) is 2.95. The van der Waals surface area contributed by atoms with Crippen LogP contribution in [0.4, 0.5) is 0 Å². The number of rotatable bonds is 9. The van der Waals surface area contributed by atoms with Crippen LogP contribution in [0.25, 0.3) is 0 Å². The first-order valence-electron chi connectivity index (χ1n) is 6.93. The van der Waals surface area contributed by atoms with Gasteiger partial charge in [-0.1, -0.05) is 6.07 Å². The van der Waals surface area contributed by atoms with Crippen molar-refractivity contribution in [2.75, 3.05) is 26.1 Å². The fourth-order valence-electron chi connectivity index (χ4n) is 1.90. The zero-order valence-electron chi connectivity index (χ0n) is 12.6. The molecule has 1 aromatic rings. The average Bonchev–Trinajstić information content (AvgIpc) is 2.41. The highest BCUT2D eigenvalue weighted by Gasteiger charge is 2.11. The molecule has 0 radical (unpaired) electrons. The standard InChI is InChI=1S/C15H25NO3S/c1-4-19-15-7-6-13(12(2)16)10-14(15)11-20(17)9-5-8-18-3/h6-7,10,12H,4-5,8-9,11,16H2,1-3H3. The van der Waals surface area contributed by atoms with Gasteiger partial charge >= 0.3 is 0 Å². The second kappa shape index (κ2) is 9.10. The van der Waals surface area contributed by atoms with Gasteiger partial charge in [0, 0.05) is 41.9 Å². The van der Waals surface area contributed by atoms with E-state index in [1.807, 2.05) is 32.0 Å². The van der Waals surface area contributed by atoms with Crippen molar-refractivity contribution in [1.82, 2.24) is 0 Å². The van der Waals surface area contributed by atoms with Gasteiger partial charge in [0.2, 0.25) is 0 Å². The molecular weight excluding hydrogens is 274 g/mol. The Balaban J connectivity index is 2.78. The zero-order chi connectivity index (χ0) is 15.0. The lowest BCUT2D eigenvalue weighted by molar-refractivity contribution is 0.200. The SMILES string of the molecule is CCOc1ccc(C(C)N)cc1CS(=O)CCCOC. The molecular formula is C15H25NO3S. The van der Waals surface area contributed by atoms with E-state index in [9.17, 15) is 4.21 Å². The molecule has 114 valence electrons. The van der Waals surface area contributed by atoms with Crippen LogP contribution >= 0.6 is 0 Å². The van der Waals surface area contributed by atoms with Crippen LogP contribution in [-0.4, -0.2) is 30.3 Å². The minimum Gasteiger partial charge on any atom is -0.494 e. The number of nitrogens with two attached hydrogens (primary N) is 1. The molecule has 4 nitrogen and oxygen atoms in total. The smallest absolute Gasteiger partial charge is 0.123 e. The summed E-state index contributed by atoms with van der Waals surface area (Å²) in [6.07, 6.45) is 0.806. The van der Waals surface area contributed by atoms with E-state index in [0.717, 1.165) is 23.3 Å². The van der Waals surface area contributed by atoms with E-state index in [1.54, 1.807) is 7.11 Å². The molecule has 20 heavy (non-hydrogen) atoms. The van der Waals surface area contributed by atoms with Gasteiger partial charge in [0.05, 0.1) is 12.4 Å². The van der Waals surface area contributed by atoms with Crippen molar-refractivity contribution in [3.63, 3.8) is 0 Å². The van der Waals surface area contributed by atoms with Crippen molar-refractivity contribution in [1.29, 1.82) is 0 Å². The molecule has 1 aromatic carbocycles. The summed E-state index contributed by atoms with van der Waals surface area (Å²) in [4.78, 5) is 0. The van der Waals surface area contributed by atoms with Crippen molar-refractivity contribution in [3.8, 4) is 5.75 Å². The van der Waals surface area contributed by atoms with E-state index in [2.05, 4.69) is 0 Å². The average molecular weight is 299 g/mol. The van der Waals surface area contributed by atoms with Crippen LogP contribution < -0.4 is 10.5 Å². The highest BCUT2D eigenvalue weighted by molar-refractivity contribution is 7.84. The van der Waals surface area contributed by atoms with Gasteiger partial charge in [0.15, 0.2) is 0 Å². The summed E-state index contributed by atoms with van der Waals surface area (Å²) in [6.45, 7) is 5.12. The van der Waals surface area contributed by atoms with Crippen LogP contribution in [0.5, 0.6) is 5.75 Å². The van der Waals surface area contributed by atoms with Gasteiger partial charge in [-0.15, -0.1) is 0 Å². The maximum Gasteiger partial charge on any atom is 0.123 e. The van der Waals surface area contributed by atoms with Gasteiger partial charge in [-0.25, -0.2) is 0 Å². The predicted molar refractivity (Wildman–Crippen MR) is 83.4 cm³/mol. The number of ether oxygens (including phenoxy) is 2. The minimum atomic E-state index is -0.909. The van der Waals surface area contributed by atoms with Crippen molar-refractivity contribution >= 4 is 10.8 Å². The van der Waals surface area contributed by atoms with Gasteiger partial charge in [-0.05, 0) is 38.0 Å². The lowest BCUT2D eigenvalue weighted by atomic mass is 10.1. The van der Waals surface area contributed by atoms with Crippen molar-refractivity contribution < 1.29 is 13.7 Å². The molecule has 0 aliphatic rings. The Morgan fingerprint density at radius 3 is 2.75 bits per heavy atom. The Kier molecular flexibility index (Phi) is 7.80. The van der Waals surface area contributed by atoms with Gasteiger partial charge in [0.1, 0.15) is 5.75 Å². The fourth-order valence-corrected chi connectivity index (χ4v) is 3.06. The Labute approximate surface area is 124 Å². The van der Waals surface area contributed by atoms with E-state index in [-0.39, 0.29) is 6.04 Å². The summed E-state index contributed by atoms with van der Waals surface area (Å²) in [5, 5.41) is 0. The molecule has 0 bridgehead atoms. The number of hydrogen-bond acceptors (Lipinski definition) is 4. The number of hydrogen-bond donors (Lipinski definition) is 1. The predicted octanol–water partition coefficient (Wildman–Crippen LogP) is 2.39. The lowest BCUT2D eigenvalue weighted by Crippen LogP contribution is -2.09. The monoisotopic (exact) mass is 299 g/mol. The van der Waals surface area contributed by atoms with Crippen LogP contribution in [0.1, 0.15) is 37.4 Å². The van der Waals surface area contributed by atoms with Gasteiger partial charge in [-0.3, -0.25) is 4.21 Å². The lowest BCUT2D eigenvalue weighted by Gasteiger charge is -2.14. The topological polar surface area (TPSA) is 61.5 Å².